The standard InChI is InChI=1S/C30H59N2O6P/c1-6-8-10-12-14-15-16-17-18-19-21-23-29(33)28(31-30(34)24-22-20-13-11-9-7-2)27-38-39(35,36)37-26-25-32(3,4)5/h16-17,21,23,28-29,33H,6-15,18-20,22,24-27H2,1-5H3,(H-,31,34,35,36)/p+1/b17-16+,23-21+. The van der Waals surface area contributed by atoms with Gasteiger partial charge in [0.25, 0.3) is 0 Å². The SMILES string of the molecule is CCCCCCC/C=C/CC/C=C/C(O)C(COP(=O)(O)OCC[N+](C)(C)C)NC(=O)CCCCCCCC. The van der Waals surface area contributed by atoms with Crippen LogP contribution in [0.3, 0.4) is 0 Å². The molecule has 9 heteroatoms. The summed E-state index contributed by atoms with van der Waals surface area (Å²) in [6.45, 7) is 4.65. The molecule has 0 saturated carbocycles. The molecule has 0 fully saturated rings. The predicted molar refractivity (Wildman–Crippen MR) is 161 cm³/mol. The number of quaternary nitrogens is 1. The number of hydrogen-bond acceptors (Lipinski definition) is 5. The van der Waals surface area contributed by atoms with Crippen LogP contribution in [0.25, 0.3) is 0 Å². The van der Waals surface area contributed by atoms with E-state index in [4.69, 9.17) is 9.05 Å². The molecule has 8 nitrogen and oxygen atoms in total. The van der Waals surface area contributed by atoms with Gasteiger partial charge in [-0.2, -0.15) is 0 Å². The lowest BCUT2D eigenvalue weighted by molar-refractivity contribution is -0.870. The Kier molecular flexibility index (Phi) is 23.0. The van der Waals surface area contributed by atoms with Gasteiger partial charge in [0, 0.05) is 6.42 Å². The van der Waals surface area contributed by atoms with Gasteiger partial charge in [-0.3, -0.25) is 13.8 Å². The minimum Gasteiger partial charge on any atom is -0.387 e. The zero-order valence-corrected chi connectivity index (χ0v) is 26.5. The minimum atomic E-state index is -4.31. The van der Waals surface area contributed by atoms with E-state index in [0.717, 1.165) is 38.5 Å². The fourth-order valence-corrected chi connectivity index (χ4v) is 4.61. The van der Waals surface area contributed by atoms with Crippen LogP contribution in [0.15, 0.2) is 24.3 Å². The number of aliphatic hydroxyl groups is 1. The number of allylic oxidation sites excluding steroid dienone is 3. The van der Waals surface area contributed by atoms with E-state index in [-0.39, 0.29) is 19.1 Å². The number of phosphoric ester groups is 1. The van der Waals surface area contributed by atoms with Crippen LogP contribution in [0.4, 0.5) is 0 Å². The normalized spacial score (nSPS) is 15.6. The molecule has 0 aromatic heterocycles. The minimum absolute atomic E-state index is 0.0566. The highest BCUT2D eigenvalue weighted by molar-refractivity contribution is 7.47. The van der Waals surface area contributed by atoms with Gasteiger partial charge in [-0.1, -0.05) is 95.9 Å². The first kappa shape index (κ1) is 38.0. The Balaban J connectivity index is 4.74. The van der Waals surface area contributed by atoms with Crippen molar-refractivity contribution in [2.45, 2.75) is 122 Å². The monoisotopic (exact) mass is 575 g/mol. The molecule has 3 unspecified atom stereocenters. The van der Waals surface area contributed by atoms with Gasteiger partial charge >= 0.3 is 7.82 Å². The molecule has 0 aromatic rings. The van der Waals surface area contributed by atoms with Crippen molar-refractivity contribution in [2.75, 3.05) is 40.9 Å². The summed E-state index contributed by atoms with van der Waals surface area (Å²) in [5.41, 5.74) is 0. The maximum absolute atomic E-state index is 12.5. The summed E-state index contributed by atoms with van der Waals surface area (Å²) in [4.78, 5) is 22.6. The number of carbonyl (C=O) groups excluding carboxylic acids is 1. The number of carbonyl (C=O) groups is 1. The Morgan fingerprint density at radius 3 is 2.05 bits per heavy atom. The van der Waals surface area contributed by atoms with Crippen molar-refractivity contribution in [3.8, 4) is 0 Å². The number of aliphatic hydroxyl groups excluding tert-OH is 1. The molecule has 0 aliphatic heterocycles. The molecule has 230 valence electrons. The first-order valence-electron chi connectivity index (χ1n) is 15.2. The summed E-state index contributed by atoms with van der Waals surface area (Å²) in [5, 5.41) is 13.5. The number of phosphoric acid groups is 1. The third-order valence-electron chi connectivity index (χ3n) is 6.42. The molecule has 1 amide bonds. The summed E-state index contributed by atoms with van der Waals surface area (Å²) >= 11 is 0. The molecule has 39 heavy (non-hydrogen) atoms. The number of rotatable bonds is 26. The van der Waals surface area contributed by atoms with Gasteiger partial charge in [0.15, 0.2) is 0 Å². The van der Waals surface area contributed by atoms with Crippen molar-refractivity contribution >= 4 is 13.7 Å². The molecule has 0 spiro atoms. The van der Waals surface area contributed by atoms with Crippen molar-refractivity contribution in [3.05, 3.63) is 24.3 Å². The third kappa shape index (κ3) is 25.7. The number of amides is 1. The molecule has 0 bridgehead atoms. The largest absolute Gasteiger partial charge is 0.472 e. The van der Waals surface area contributed by atoms with Gasteiger partial charge < -0.3 is 19.8 Å². The first-order valence-corrected chi connectivity index (χ1v) is 16.7. The van der Waals surface area contributed by atoms with Crippen LogP contribution in [0.1, 0.15) is 110 Å². The molecule has 0 rings (SSSR count). The van der Waals surface area contributed by atoms with Crippen molar-refractivity contribution in [1.82, 2.24) is 5.32 Å². The second-order valence-electron chi connectivity index (χ2n) is 11.5. The van der Waals surface area contributed by atoms with E-state index < -0.39 is 20.0 Å². The van der Waals surface area contributed by atoms with E-state index >= 15 is 0 Å². The van der Waals surface area contributed by atoms with Crippen molar-refractivity contribution in [3.63, 3.8) is 0 Å². The van der Waals surface area contributed by atoms with Gasteiger partial charge in [-0.25, -0.2) is 4.57 Å². The van der Waals surface area contributed by atoms with Gasteiger partial charge in [0.2, 0.25) is 5.91 Å². The predicted octanol–water partition coefficient (Wildman–Crippen LogP) is 6.68. The van der Waals surface area contributed by atoms with E-state index in [0.29, 0.717) is 17.4 Å². The zero-order valence-electron chi connectivity index (χ0n) is 25.6. The average Bonchev–Trinajstić information content (AvgIpc) is 2.86. The van der Waals surface area contributed by atoms with Crippen LogP contribution in [0.5, 0.6) is 0 Å². The molecule has 0 aliphatic rings. The Bertz CT molecular complexity index is 708. The fourth-order valence-electron chi connectivity index (χ4n) is 3.88. The van der Waals surface area contributed by atoms with Crippen LogP contribution >= 0.6 is 7.82 Å². The Morgan fingerprint density at radius 1 is 0.846 bits per heavy atom. The Labute approximate surface area is 239 Å². The summed E-state index contributed by atoms with van der Waals surface area (Å²) in [6.07, 6.45) is 22.7. The zero-order chi connectivity index (χ0) is 29.4. The lowest BCUT2D eigenvalue weighted by atomic mass is 10.1. The molecule has 0 heterocycles. The smallest absolute Gasteiger partial charge is 0.387 e. The molecule has 0 saturated heterocycles. The van der Waals surface area contributed by atoms with Crippen LogP contribution in [-0.4, -0.2) is 73.4 Å². The van der Waals surface area contributed by atoms with Gasteiger partial charge in [0.05, 0.1) is 39.9 Å². The molecule has 3 atom stereocenters. The van der Waals surface area contributed by atoms with Gasteiger partial charge in [-0.05, 0) is 32.1 Å². The molecular weight excluding hydrogens is 515 g/mol. The Hall–Kier alpha value is -1.02. The van der Waals surface area contributed by atoms with Crippen LogP contribution in [0.2, 0.25) is 0 Å². The van der Waals surface area contributed by atoms with E-state index in [9.17, 15) is 19.4 Å². The van der Waals surface area contributed by atoms with Crippen LogP contribution < -0.4 is 5.32 Å². The summed E-state index contributed by atoms with van der Waals surface area (Å²) in [7, 11) is 1.55. The number of nitrogens with zero attached hydrogens (tertiary/aromatic N) is 1. The van der Waals surface area contributed by atoms with Crippen molar-refractivity contribution in [1.29, 1.82) is 0 Å². The molecule has 3 N–H and O–H groups in total. The van der Waals surface area contributed by atoms with E-state index in [1.165, 1.54) is 51.4 Å². The molecule has 0 aromatic carbocycles. The van der Waals surface area contributed by atoms with Crippen molar-refractivity contribution < 1.29 is 32.9 Å². The van der Waals surface area contributed by atoms with E-state index in [1.54, 1.807) is 6.08 Å². The number of hydrogen-bond donors (Lipinski definition) is 3. The quantitative estimate of drug-likeness (QED) is 0.0460. The topological polar surface area (TPSA) is 105 Å². The van der Waals surface area contributed by atoms with Crippen LogP contribution in [0, 0.1) is 0 Å². The average molecular weight is 576 g/mol. The summed E-state index contributed by atoms with van der Waals surface area (Å²) < 4.78 is 23.2. The highest BCUT2D eigenvalue weighted by Gasteiger charge is 2.27. The van der Waals surface area contributed by atoms with E-state index in [1.807, 2.05) is 27.2 Å². The van der Waals surface area contributed by atoms with Gasteiger partial charge in [-0.15, -0.1) is 0 Å². The fraction of sp³-hybridized carbons (Fsp3) is 0.833. The number of nitrogens with one attached hydrogen (secondary N) is 1. The maximum Gasteiger partial charge on any atom is 0.472 e. The first-order chi connectivity index (χ1) is 18.5. The number of unbranched alkanes of at least 4 members (excludes halogenated alkanes) is 11. The van der Waals surface area contributed by atoms with Gasteiger partial charge in [0.1, 0.15) is 13.2 Å². The summed E-state index contributed by atoms with van der Waals surface area (Å²) in [6, 6.07) is -0.852. The summed E-state index contributed by atoms with van der Waals surface area (Å²) in [5.74, 6) is -0.202. The van der Waals surface area contributed by atoms with Crippen LogP contribution in [-0.2, 0) is 18.4 Å². The second-order valence-corrected chi connectivity index (χ2v) is 12.9. The highest BCUT2D eigenvalue weighted by Crippen LogP contribution is 2.43. The molecular formula is C30H60N2O6P+. The van der Waals surface area contributed by atoms with Crippen molar-refractivity contribution in [2.24, 2.45) is 0 Å². The van der Waals surface area contributed by atoms with E-state index in [2.05, 4.69) is 31.3 Å². The third-order valence-corrected chi connectivity index (χ3v) is 7.41. The Morgan fingerprint density at radius 2 is 1.41 bits per heavy atom. The highest BCUT2D eigenvalue weighted by atomic mass is 31.2. The lowest BCUT2D eigenvalue weighted by Crippen LogP contribution is -2.45. The number of likely N-dealkylation sites (N-methyl/N-ethyl adjacent to an activating group) is 1. The lowest BCUT2D eigenvalue weighted by Gasteiger charge is -2.25. The second kappa shape index (κ2) is 23.7. The molecule has 0 aliphatic carbocycles. The molecule has 0 radical (unpaired) electrons. The maximum atomic E-state index is 12.5.